The van der Waals surface area contributed by atoms with E-state index in [2.05, 4.69) is 24.7 Å². The Hall–Kier alpha value is -0.350. The van der Waals surface area contributed by atoms with Crippen LogP contribution in [0.15, 0.2) is 4.34 Å². The van der Waals surface area contributed by atoms with E-state index in [1.54, 1.807) is 6.26 Å². The first-order chi connectivity index (χ1) is 5.82. The molecule has 1 aromatic rings. The molecule has 0 N–H and O–H groups in total. The van der Waals surface area contributed by atoms with Crippen LogP contribution in [0, 0.1) is 6.92 Å². The summed E-state index contributed by atoms with van der Waals surface area (Å²) in [5.41, 5.74) is 1.05. The highest BCUT2D eigenvalue weighted by atomic mass is 32.2. The van der Waals surface area contributed by atoms with Gasteiger partial charge in [-0.3, -0.25) is 4.21 Å². The van der Waals surface area contributed by atoms with Crippen LogP contribution in [0.5, 0.6) is 0 Å². The lowest BCUT2D eigenvalue weighted by Crippen LogP contribution is -1.97. The third-order valence-corrected chi connectivity index (χ3v) is 4.65. The van der Waals surface area contributed by atoms with E-state index in [0.717, 1.165) is 10.6 Å². The normalized spacial score (nSPS) is 16.1. The summed E-state index contributed by atoms with van der Waals surface area (Å²) in [5.74, 6) is 4.03. The summed E-state index contributed by atoms with van der Waals surface area (Å²) in [6.45, 7) is 6.19. The Morgan fingerprint density at radius 2 is 2.08 bits per heavy atom. The second-order valence-electron chi connectivity index (χ2n) is 3.58. The minimum Gasteiger partial charge on any atom is -0.261 e. The largest absolute Gasteiger partial charge is 0.261 e. The topological polar surface area (TPSA) is 30.0 Å². The summed E-state index contributed by atoms with van der Waals surface area (Å²) < 4.78 is 12.3. The first-order valence-electron chi connectivity index (χ1n) is 4.12. The van der Waals surface area contributed by atoms with Gasteiger partial charge in [-0.05, 0) is 18.7 Å². The average molecular weight is 217 g/mol. The van der Waals surface area contributed by atoms with E-state index in [0.29, 0.717) is 10.3 Å². The van der Waals surface area contributed by atoms with E-state index in [4.69, 9.17) is 0 Å². The molecule has 0 aliphatic carbocycles. The van der Waals surface area contributed by atoms with Gasteiger partial charge in [-0.25, -0.2) is 4.98 Å². The lowest BCUT2D eigenvalue weighted by Gasteiger charge is -1.99. The zero-order valence-electron chi connectivity index (χ0n) is 8.46. The fraction of sp³-hybridized carbons (Fsp3) is 0.556. The van der Waals surface area contributed by atoms with E-state index in [-0.39, 0.29) is 0 Å². The molecule has 0 fully saturated rings. The highest BCUT2D eigenvalue weighted by Crippen LogP contribution is 2.26. The molecule has 13 heavy (non-hydrogen) atoms. The van der Waals surface area contributed by atoms with Crippen LogP contribution >= 0.6 is 11.3 Å². The number of aryl methyl sites for hydroxylation is 1. The van der Waals surface area contributed by atoms with Crippen molar-refractivity contribution in [3.63, 3.8) is 0 Å². The summed E-state index contributed by atoms with van der Waals surface area (Å²) in [7, 11) is -2.13. The molecule has 0 aromatic carbocycles. The average Bonchev–Trinajstić information content (AvgIpc) is 2.29. The predicted molar refractivity (Wildman–Crippen MR) is 60.4 cm³/mol. The molecule has 1 heterocycles. The Balaban J connectivity index is 3.25. The molecule has 0 radical (unpaired) electrons. The van der Waals surface area contributed by atoms with Crippen LogP contribution in [-0.2, 0) is 9.52 Å². The predicted octanol–water partition coefficient (Wildman–Crippen LogP) is 2.28. The third-order valence-electron chi connectivity index (χ3n) is 1.73. The molecule has 2 nitrogen and oxygen atoms in total. The zero-order chi connectivity index (χ0) is 10.2. The molecule has 74 valence electrons. The van der Waals surface area contributed by atoms with Gasteiger partial charge in [0.15, 0.2) is 4.34 Å². The van der Waals surface area contributed by atoms with Crippen LogP contribution in [0.4, 0.5) is 0 Å². The lowest BCUT2D eigenvalue weighted by molar-refractivity contribution is 0.683. The second kappa shape index (κ2) is 3.42. The molecule has 0 amide bonds. The van der Waals surface area contributed by atoms with E-state index in [1.807, 2.05) is 6.92 Å². The molecule has 1 atom stereocenters. The summed E-state index contributed by atoms with van der Waals surface area (Å²) >= 11 is 1.50. The van der Waals surface area contributed by atoms with Crippen molar-refractivity contribution in [3.8, 4) is 0 Å². The molecule has 0 aliphatic heterocycles. The van der Waals surface area contributed by atoms with Crippen molar-refractivity contribution in [2.75, 3.05) is 6.26 Å². The van der Waals surface area contributed by atoms with Gasteiger partial charge in [0.2, 0.25) is 0 Å². The van der Waals surface area contributed by atoms with Gasteiger partial charge in [-0.15, -0.1) is 11.3 Å². The Morgan fingerprint density at radius 1 is 1.54 bits per heavy atom. The summed E-state index contributed by atoms with van der Waals surface area (Å²) in [4.78, 5) is 5.52. The van der Waals surface area contributed by atoms with Crippen molar-refractivity contribution < 1.29 is 4.21 Å². The molecule has 0 spiro atoms. The van der Waals surface area contributed by atoms with E-state index in [9.17, 15) is 4.21 Å². The molecular weight excluding hydrogens is 202 g/mol. The van der Waals surface area contributed by atoms with Gasteiger partial charge in [0.1, 0.15) is 0 Å². The minimum absolute atomic E-state index is 0.395. The molecule has 1 rings (SSSR count). The molecule has 0 bridgehead atoms. The molecule has 0 saturated heterocycles. The molecule has 0 saturated carbocycles. The Bertz CT molecular complexity index is 401. The molecule has 1 aromatic heterocycles. The van der Waals surface area contributed by atoms with Gasteiger partial charge in [0.25, 0.3) is 0 Å². The van der Waals surface area contributed by atoms with Gasteiger partial charge >= 0.3 is 0 Å². The number of rotatable bonds is 2. The fourth-order valence-electron chi connectivity index (χ4n) is 1.10. The Morgan fingerprint density at radius 3 is 2.31 bits per heavy atom. The van der Waals surface area contributed by atoms with Gasteiger partial charge in [0.05, 0.1) is 5.69 Å². The number of thiazole rings is 1. The van der Waals surface area contributed by atoms with Crippen LogP contribution in [0.2, 0.25) is 0 Å². The standard InChI is InChI=1S/C9H15NOS2/c1-6(2)8-7(3)12-9(10-8)13(4,5)11/h6H,4H2,1-3,5H3. The van der Waals surface area contributed by atoms with Crippen molar-refractivity contribution in [1.29, 1.82) is 0 Å². The highest BCUT2D eigenvalue weighted by molar-refractivity contribution is 8.01. The second-order valence-corrected chi connectivity index (χ2v) is 7.44. The SMILES string of the molecule is C=S(C)(=O)c1nc(C(C)C)c(C)s1. The number of hydrogen-bond donors (Lipinski definition) is 0. The third kappa shape index (κ3) is 2.31. The quantitative estimate of drug-likeness (QED) is 0.711. The van der Waals surface area contributed by atoms with Crippen LogP contribution in [0.1, 0.15) is 30.3 Å². The van der Waals surface area contributed by atoms with Gasteiger partial charge in [0, 0.05) is 20.7 Å². The van der Waals surface area contributed by atoms with Gasteiger partial charge < -0.3 is 0 Å². The lowest BCUT2D eigenvalue weighted by atomic mass is 10.1. The monoisotopic (exact) mass is 217 g/mol. The summed E-state index contributed by atoms with van der Waals surface area (Å²) in [6.07, 6.45) is 1.63. The summed E-state index contributed by atoms with van der Waals surface area (Å²) in [5, 5.41) is 0. The number of nitrogens with zero attached hydrogens (tertiary/aromatic N) is 1. The van der Waals surface area contributed by atoms with E-state index in [1.165, 1.54) is 11.3 Å². The first kappa shape index (κ1) is 10.7. The van der Waals surface area contributed by atoms with Crippen molar-refractivity contribution in [2.45, 2.75) is 31.0 Å². The van der Waals surface area contributed by atoms with Gasteiger partial charge in [-0.2, -0.15) is 0 Å². The molecular formula is C9H15NOS2. The van der Waals surface area contributed by atoms with Crippen molar-refractivity contribution in [3.05, 3.63) is 10.6 Å². The fourth-order valence-corrected chi connectivity index (χ4v) is 3.27. The van der Waals surface area contributed by atoms with E-state index >= 15 is 0 Å². The minimum atomic E-state index is -2.13. The molecule has 4 heteroatoms. The maximum absolute atomic E-state index is 11.6. The van der Waals surface area contributed by atoms with Crippen molar-refractivity contribution in [1.82, 2.24) is 4.98 Å². The first-order valence-corrected chi connectivity index (χ1v) is 7.07. The number of aromatic nitrogens is 1. The Kier molecular flexibility index (Phi) is 2.82. The van der Waals surface area contributed by atoms with E-state index < -0.39 is 9.52 Å². The zero-order valence-corrected chi connectivity index (χ0v) is 10.1. The molecule has 0 aliphatic rings. The summed E-state index contributed by atoms with van der Waals surface area (Å²) in [6, 6.07) is 0. The van der Waals surface area contributed by atoms with Crippen LogP contribution in [0.3, 0.4) is 0 Å². The Labute approximate surface area is 84.0 Å². The van der Waals surface area contributed by atoms with Crippen LogP contribution in [0.25, 0.3) is 0 Å². The number of hydrogen-bond acceptors (Lipinski definition) is 3. The van der Waals surface area contributed by atoms with Crippen molar-refractivity contribution in [2.24, 2.45) is 0 Å². The smallest absolute Gasteiger partial charge is 0.172 e. The van der Waals surface area contributed by atoms with Crippen LogP contribution in [-0.4, -0.2) is 21.3 Å². The molecule has 1 unspecified atom stereocenters. The van der Waals surface area contributed by atoms with Gasteiger partial charge in [-0.1, -0.05) is 13.8 Å². The van der Waals surface area contributed by atoms with Crippen LogP contribution < -0.4 is 0 Å². The highest BCUT2D eigenvalue weighted by Gasteiger charge is 2.13. The maximum atomic E-state index is 11.6. The van der Waals surface area contributed by atoms with Crippen molar-refractivity contribution >= 4 is 26.7 Å². The maximum Gasteiger partial charge on any atom is 0.172 e.